The Morgan fingerprint density at radius 1 is 1.50 bits per heavy atom. The van der Waals surface area contributed by atoms with Crippen LogP contribution in [0.5, 0.6) is 0 Å². The zero-order chi connectivity index (χ0) is 10.6. The van der Waals surface area contributed by atoms with Crippen LogP contribution in [0.3, 0.4) is 0 Å². The minimum absolute atomic E-state index is 0.473. The van der Waals surface area contributed by atoms with Crippen LogP contribution in [-0.2, 0) is 0 Å². The molecule has 0 saturated carbocycles. The molecule has 1 aromatic rings. The van der Waals surface area contributed by atoms with Crippen molar-refractivity contribution in [3.8, 4) is 0 Å². The Morgan fingerprint density at radius 3 is 2.79 bits per heavy atom. The van der Waals surface area contributed by atoms with E-state index in [1.807, 2.05) is 19.3 Å². The van der Waals surface area contributed by atoms with Crippen molar-refractivity contribution in [3.05, 3.63) is 24.0 Å². The summed E-state index contributed by atoms with van der Waals surface area (Å²) in [5.74, 6) is 0.473. The molecule has 0 saturated heterocycles. The van der Waals surface area contributed by atoms with Gasteiger partial charge < -0.3 is 10.6 Å². The second-order valence-corrected chi connectivity index (χ2v) is 3.80. The molecule has 78 valence electrons. The summed E-state index contributed by atoms with van der Waals surface area (Å²) in [5.41, 5.74) is 7.83. The van der Waals surface area contributed by atoms with Crippen LogP contribution in [0.15, 0.2) is 18.3 Å². The van der Waals surface area contributed by atoms with E-state index in [1.165, 1.54) is 5.69 Å². The maximum Gasteiger partial charge on any atom is 0.0449 e. The number of nitrogens with zero attached hydrogens (tertiary/aromatic N) is 2. The summed E-state index contributed by atoms with van der Waals surface area (Å²) in [6.45, 7) is 5.85. The van der Waals surface area contributed by atoms with E-state index >= 15 is 0 Å². The van der Waals surface area contributed by atoms with Crippen molar-refractivity contribution in [2.24, 2.45) is 5.73 Å². The molecule has 0 aromatic carbocycles. The summed E-state index contributed by atoms with van der Waals surface area (Å²) in [5, 5.41) is 0. The summed E-state index contributed by atoms with van der Waals surface area (Å²) in [6.07, 6.45) is 1.86. The molecule has 0 radical (unpaired) electrons. The Labute approximate surface area is 85.9 Å². The van der Waals surface area contributed by atoms with Gasteiger partial charge in [0.25, 0.3) is 0 Å². The van der Waals surface area contributed by atoms with Crippen LogP contribution in [-0.4, -0.2) is 25.1 Å². The number of nitrogens with two attached hydrogens (primary N) is 1. The van der Waals surface area contributed by atoms with E-state index in [1.54, 1.807) is 0 Å². The number of aromatic nitrogens is 1. The molecular formula is C11H19N3. The molecule has 1 heterocycles. The number of likely N-dealkylation sites (N-methyl/N-ethyl adjacent to an activating group) is 1. The Morgan fingerprint density at radius 2 is 2.21 bits per heavy atom. The van der Waals surface area contributed by atoms with E-state index in [2.05, 4.69) is 29.8 Å². The molecule has 14 heavy (non-hydrogen) atoms. The van der Waals surface area contributed by atoms with Crippen molar-refractivity contribution in [1.29, 1.82) is 0 Å². The van der Waals surface area contributed by atoms with Gasteiger partial charge in [-0.25, -0.2) is 0 Å². The van der Waals surface area contributed by atoms with Crippen molar-refractivity contribution < 1.29 is 0 Å². The fourth-order valence-electron chi connectivity index (χ4n) is 1.31. The van der Waals surface area contributed by atoms with Gasteiger partial charge in [0.2, 0.25) is 0 Å². The topological polar surface area (TPSA) is 42.1 Å². The van der Waals surface area contributed by atoms with E-state index in [9.17, 15) is 0 Å². The van der Waals surface area contributed by atoms with Crippen molar-refractivity contribution in [2.45, 2.75) is 19.8 Å². The molecular weight excluding hydrogens is 174 g/mol. The van der Waals surface area contributed by atoms with Gasteiger partial charge in [0, 0.05) is 37.7 Å². The highest BCUT2D eigenvalue weighted by molar-refractivity contribution is 5.46. The number of hydrogen-bond donors (Lipinski definition) is 1. The van der Waals surface area contributed by atoms with Crippen LogP contribution in [0.2, 0.25) is 0 Å². The first-order valence-corrected chi connectivity index (χ1v) is 5.02. The molecule has 1 rings (SSSR count). The Balaban J connectivity index is 2.82. The molecule has 0 spiro atoms. The van der Waals surface area contributed by atoms with Gasteiger partial charge in [-0.3, -0.25) is 4.98 Å². The normalized spacial score (nSPS) is 10.6. The number of anilines is 1. The van der Waals surface area contributed by atoms with E-state index in [0.717, 1.165) is 12.2 Å². The van der Waals surface area contributed by atoms with Gasteiger partial charge in [0.1, 0.15) is 0 Å². The molecule has 0 atom stereocenters. The lowest BCUT2D eigenvalue weighted by molar-refractivity contribution is 0.816. The highest BCUT2D eigenvalue weighted by atomic mass is 15.1. The fourth-order valence-corrected chi connectivity index (χ4v) is 1.31. The average molecular weight is 193 g/mol. The highest BCUT2D eigenvalue weighted by Gasteiger charge is 2.04. The van der Waals surface area contributed by atoms with E-state index in [0.29, 0.717) is 12.5 Å². The van der Waals surface area contributed by atoms with E-state index in [4.69, 9.17) is 5.73 Å². The molecule has 3 heteroatoms. The average Bonchev–Trinajstić information content (AvgIpc) is 2.18. The number of pyridine rings is 1. The molecule has 0 fully saturated rings. The quantitative estimate of drug-likeness (QED) is 0.789. The van der Waals surface area contributed by atoms with Crippen molar-refractivity contribution in [1.82, 2.24) is 4.98 Å². The van der Waals surface area contributed by atoms with Crippen molar-refractivity contribution in [2.75, 3.05) is 25.0 Å². The first-order chi connectivity index (χ1) is 6.65. The Bertz CT molecular complexity index is 284. The van der Waals surface area contributed by atoms with Crippen LogP contribution in [0, 0.1) is 0 Å². The zero-order valence-corrected chi connectivity index (χ0v) is 9.20. The molecule has 0 unspecified atom stereocenters. The molecule has 3 nitrogen and oxygen atoms in total. The predicted octanol–water partition coefficient (Wildman–Crippen LogP) is 1.60. The van der Waals surface area contributed by atoms with Gasteiger partial charge in [-0.1, -0.05) is 13.8 Å². The standard InChI is InChI=1S/C11H19N3/c1-9(2)11-8-10(4-6-13-11)14(3)7-5-12/h4,6,8-9H,5,7,12H2,1-3H3. The SMILES string of the molecule is CC(C)c1cc(N(C)CCN)ccn1. The molecule has 0 aliphatic carbocycles. The zero-order valence-electron chi connectivity index (χ0n) is 9.20. The van der Waals surface area contributed by atoms with Gasteiger partial charge >= 0.3 is 0 Å². The summed E-state index contributed by atoms with van der Waals surface area (Å²) >= 11 is 0. The number of rotatable bonds is 4. The van der Waals surface area contributed by atoms with Crippen molar-refractivity contribution >= 4 is 5.69 Å². The van der Waals surface area contributed by atoms with E-state index < -0.39 is 0 Å². The molecule has 0 bridgehead atoms. The van der Waals surface area contributed by atoms with Gasteiger partial charge in [0.15, 0.2) is 0 Å². The minimum atomic E-state index is 0.473. The van der Waals surface area contributed by atoms with Crippen LogP contribution in [0.25, 0.3) is 0 Å². The van der Waals surface area contributed by atoms with Crippen LogP contribution in [0.1, 0.15) is 25.5 Å². The lowest BCUT2D eigenvalue weighted by Gasteiger charge is -2.19. The Kier molecular flexibility index (Phi) is 3.89. The van der Waals surface area contributed by atoms with Crippen molar-refractivity contribution in [3.63, 3.8) is 0 Å². The third kappa shape index (κ3) is 2.70. The molecule has 0 amide bonds. The Hall–Kier alpha value is -1.09. The lowest BCUT2D eigenvalue weighted by atomic mass is 10.1. The third-order valence-corrected chi connectivity index (χ3v) is 2.26. The first-order valence-electron chi connectivity index (χ1n) is 5.02. The van der Waals surface area contributed by atoms with Gasteiger partial charge in [0.05, 0.1) is 0 Å². The second kappa shape index (κ2) is 4.96. The first kappa shape index (κ1) is 11.0. The van der Waals surface area contributed by atoms with Gasteiger partial charge in [-0.05, 0) is 18.1 Å². The van der Waals surface area contributed by atoms with Crippen LogP contribution in [0.4, 0.5) is 5.69 Å². The maximum absolute atomic E-state index is 5.51. The van der Waals surface area contributed by atoms with Crippen LogP contribution >= 0.6 is 0 Å². The van der Waals surface area contributed by atoms with E-state index in [-0.39, 0.29) is 0 Å². The lowest BCUT2D eigenvalue weighted by Crippen LogP contribution is -2.25. The minimum Gasteiger partial charge on any atom is -0.373 e. The van der Waals surface area contributed by atoms with Crippen LogP contribution < -0.4 is 10.6 Å². The van der Waals surface area contributed by atoms with Gasteiger partial charge in [-0.15, -0.1) is 0 Å². The molecule has 0 aliphatic rings. The summed E-state index contributed by atoms with van der Waals surface area (Å²) in [6, 6.07) is 4.14. The second-order valence-electron chi connectivity index (χ2n) is 3.80. The monoisotopic (exact) mass is 193 g/mol. The number of hydrogen-bond acceptors (Lipinski definition) is 3. The maximum atomic E-state index is 5.51. The fraction of sp³-hybridized carbons (Fsp3) is 0.545. The van der Waals surface area contributed by atoms with Gasteiger partial charge in [-0.2, -0.15) is 0 Å². The summed E-state index contributed by atoms with van der Waals surface area (Å²) in [7, 11) is 2.05. The largest absolute Gasteiger partial charge is 0.373 e. The molecule has 1 aromatic heterocycles. The summed E-state index contributed by atoms with van der Waals surface area (Å²) in [4.78, 5) is 6.47. The molecule has 0 aliphatic heterocycles. The third-order valence-electron chi connectivity index (χ3n) is 2.26. The highest BCUT2D eigenvalue weighted by Crippen LogP contribution is 2.17. The summed E-state index contributed by atoms with van der Waals surface area (Å²) < 4.78 is 0. The smallest absolute Gasteiger partial charge is 0.0449 e. The predicted molar refractivity (Wildman–Crippen MR) is 60.7 cm³/mol. The molecule has 2 N–H and O–H groups in total.